The fraction of sp³-hybridized carbons (Fsp3) is 0.107. The molecule has 3 aromatic carbocycles. The number of nitrogens with one attached hydrogen (secondary N) is 2. The molecule has 0 radical (unpaired) electrons. The fourth-order valence-electron chi connectivity index (χ4n) is 4.18. The summed E-state index contributed by atoms with van der Waals surface area (Å²) in [6.45, 7) is 1.83. The van der Waals surface area contributed by atoms with E-state index in [-0.39, 0.29) is 11.5 Å². The number of hydrogen-bond acceptors (Lipinski definition) is 3. The van der Waals surface area contributed by atoms with E-state index in [9.17, 15) is 18.8 Å². The summed E-state index contributed by atoms with van der Waals surface area (Å²) in [7, 11) is 0. The molecular formula is C28H23FN4O3. The van der Waals surface area contributed by atoms with E-state index in [0.29, 0.717) is 23.4 Å². The molecule has 0 unspecified atom stereocenters. The average Bonchev–Trinajstić information content (AvgIpc) is 3.34. The van der Waals surface area contributed by atoms with E-state index in [0.717, 1.165) is 21.4 Å². The highest BCUT2D eigenvalue weighted by molar-refractivity contribution is 6.16. The van der Waals surface area contributed by atoms with Crippen LogP contribution < -0.4 is 10.6 Å². The van der Waals surface area contributed by atoms with Gasteiger partial charge in [0.2, 0.25) is 5.91 Å². The van der Waals surface area contributed by atoms with Gasteiger partial charge in [0.15, 0.2) is 0 Å². The van der Waals surface area contributed by atoms with Gasteiger partial charge in [-0.1, -0.05) is 54.1 Å². The number of benzene rings is 3. The molecule has 8 heteroatoms. The third-order valence-corrected chi connectivity index (χ3v) is 6.02. The molecule has 1 saturated heterocycles. The molecular weight excluding hydrogens is 459 g/mol. The first-order valence-electron chi connectivity index (χ1n) is 11.4. The molecule has 36 heavy (non-hydrogen) atoms. The maximum absolute atomic E-state index is 14.3. The molecule has 0 saturated carbocycles. The van der Waals surface area contributed by atoms with Gasteiger partial charge >= 0.3 is 6.03 Å². The molecule has 0 aliphatic carbocycles. The molecule has 4 aromatic rings. The van der Waals surface area contributed by atoms with Crippen molar-refractivity contribution in [3.8, 4) is 0 Å². The van der Waals surface area contributed by atoms with Crippen molar-refractivity contribution in [2.24, 2.45) is 0 Å². The third kappa shape index (κ3) is 4.61. The summed E-state index contributed by atoms with van der Waals surface area (Å²) in [4.78, 5) is 38.8. The van der Waals surface area contributed by atoms with Crippen molar-refractivity contribution >= 4 is 40.5 Å². The summed E-state index contributed by atoms with van der Waals surface area (Å²) in [6, 6.07) is 20.7. The van der Waals surface area contributed by atoms with Crippen molar-refractivity contribution in [3.05, 3.63) is 107 Å². The number of carbonyl (C=O) groups is 3. The topological polar surface area (TPSA) is 83.4 Å². The molecule has 0 spiro atoms. The second-order valence-corrected chi connectivity index (χ2v) is 8.61. The molecule has 2 heterocycles. The Balaban J connectivity index is 1.38. The van der Waals surface area contributed by atoms with Crippen LogP contribution in [-0.4, -0.2) is 33.9 Å². The Labute approximate surface area is 206 Å². The zero-order chi connectivity index (χ0) is 25.2. The Bertz CT molecular complexity index is 1520. The lowest BCUT2D eigenvalue weighted by atomic mass is 10.1. The Kier molecular flexibility index (Phi) is 6.08. The molecule has 1 fully saturated rings. The van der Waals surface area contributed by atoms with E-state index in [1.807, 2.05) is 54.1 Å². The van der Waals surface area contributed by atoms with E-state index in [2.05, 4.69) is 10.6 Å². The maximum Gasteiger partial charge on any atom is 0.329 e. The lowest BCUT2D eigenvalue weighted by Crippen LogP contribution is -2.38. The van der Waals surface area contributed by atoms with Crippen LogP contribution in [0.15, 0.2) is 84.7 Å². The average molecular weight is 483 g/mol. The minimum Gasteiger partial charge on any atom is -0.342 e. The summed E-state index contributed by atoms with van der Waals surface area (Å²) in [5.41, 5.74) is 3.78. The van der Waals surface area contributed by atoms with Gasteiger partial charge in [-0.25, -0.2) is 14.1 Å². The van der Waals surface area contributed by atoms with Crippen LogP contribution in [0.3, 0.4) is 0 Å². The number of imide groups is 1. The van der Waals surface area contributed by atoms with E-state index in [1.54, 1.807) is 36.4 Å². The number of halogens is 1. The summed E-state index contributed by atoms with van der Waals surface area (Å²) in [5, 5.41) is 6.10. The van der Waals surface area contributed by atoms with E-state index >= 15 is 0 Å². The molecule has 5 rings (SSSR count). The van der Waals surface area contributed by atoms with Gasteiger partial charge in [0.05, 0.1) is 6.54 Å². The minimum atomic E-state index is -0.666. The first-order chi connectivity index (χ1) is 17.4. The van der Waals surface area contributed by atoms with Crippen LogP contribution in [0.2, 0.25) is 0 Å². The van der Waals surface area contributed by atoms with Gasteiger partial charge < -0.3 is 15.2 Å². The Morgan fingerprint density at radius 3 is 2.50 bits per heavy atom. The number of aromatic nitrogens is 1. The largest absolute Gasteiger partial charge is 0.342 e. The zero-order valence-electron chi connectivity index (χ0n) is 19.5. The van der Waals surface area contributed by atoms with Crippen LogP contribution in [0.25, 0.3) is 17.0 Å². The number of rotatable bonds is 6. The maximum atomic E-state index is 14.3. The van der Waals surface area contributed by atoms with Crippen molar-refractivity contribution < 1.29 is 18.8 Å². The molecule has 1 aromatic heterocycles. The molecule has 1 aliphatic heterocycles. The van der Waals surface area contributed by atoms with Gasteiger partial charge in [0, 0.05) is 33.9 Å². The van der Waals surface area contributed by atoms with Crippen LogP contribution in [0, 0.1) is 12.7 Å². The minimum absolute atomic E-state index is 0.0666. The van der Waals surface area contributed by atoms with Gasteiger partial charge in [-0.2, -0.15) is 0 Å². The van der Waals surface area contributed by atoms with Gasteiger partial charge in [0.25, 0.3) is 5.91 Å². The molecule has 180 valence electrons. The first kappa shape index (κ1) is 23.0. The second-order valence-electron chi connectivity index (χ2n) is 8.61. The molecule has 0 atom stereocenters. The number of nitrogens with zero attached hydrogens (tertiary/aromatic N) is 2. The Morgan fingerprint density at radius 2 is 1.72 bits per heavy atom. The fourth-order valence-corrected chi connectivity index (χ4v) is 4.18. The van der Waals surface area contributed by atoms with Crippen LogP contribution in [0.4, 0.5) is 14.9 Å². The van der Waals surface area contributed by atoms with Crippen molar-refractivity contribution in [2.75, 3.05) is 11.9 Å². The van der Waals surface area contributed by atoms with Gasteiger partial charge in [-0.05, 0) is 37.3 Å². The van der Waals surface area contributed by atoms with E-state index in [1.165, 1.54) is 6.07 Å². The van der Waals surface area contributed by atoms with Crippen LogP contribution >= 0.6 is 0 Å². The Hall–Kier alpha value is -4.72. The summed E-state index contributed by atoms with van der Waals surface area (Å²) in [6.07, 6.45) is 3.40. The van der Waals surface area contributed by atoms with Crippen molar-refractivity contribution in [1.29, 1.82) is 0 Å². The second kappa shape index (κ2) is 9.50. The highest BCUT2D eigenvalue weighted by Crippen LogP contribution is 2.26. The van der Waals surface area contributed by atoms with Crippen molar-refractivity contribution in [3.63, 3.8) is 0 Å². The summed E-state index contributed by atoms with van der Waals surface area (Å²) < 4.78 is 16.1. The number of urea groups is 1. The van der Waals surface area contributed by atoms with Gasteiger partial charge in [-0.3, -0.25) is 9.59 Å². The van der Waals surface area contributed by atoms with Gasteiger partial charge in [0.1, 0.15) is 18.1 Å². The number of fused-ring (bicyclic) bond motifs is 1. The monoisotopic (exact) mass is 482 g/mol. The van der Waals surface area contributed by atoms with Gasteiger partial charge in [-0.15, -0.1) is 0 Å². The lowest BCUT2D eigenvalue weighted by Gasteiger charge is -2.12. The number of anilines is 1. The number of hydrogen-bond donors (Lipinski definition) is 2. The first-order valence-corrected chi connectivity index (χ1v) is 11.4. The number of carbonyl (C=O) groups excluding carboxylic acids is 3. The number of amides is 4. The molecule has 4 amide bonds. The summed E-state index contributed by atoms with van der Waals surface area (Å²) in [5.74, 6) is -1.37. The van der Waals surface area contributed by atoms with E-state index in [4.69, 9.17) is 0 Å². The predicted octanol–water partition coefficient (Wildman–Crippen LogP) is 4.67. The van der Waals surface area contributed by atoms with Crippen LogP contribution in [0.1, 0.15) is 16.7 Å². The SMILES string of the molecule is Cc1ccc(NC(=O)CN2C(=O)N/C(=C/c3cn(Cc4ccccc4F)c4ccccc34)C2=O)cc1. The van der Waals surface area contributed by atoms with E-state index < -0.39 is 24.4 Å². The highest BCUT2D eigenvalue weighted by Gasteiger charge is 2.35. The molecule has 7 nitrogen and oxygen atoms in total. The van der Waals surface area contributed by atoms with Crippen LogP contribution in [-0.2, 0) is 16.1 Å². The highest BCUT2D eigenvalue weighted by atomic mass is 19.1. The lowest BCUT2D eigenvalue weighted by molar-refractivity contribution is -0.127. The normalized spacial score (nSPS) is 14.5. The standard InChI is InChI=1S/C28H23FN4O3/c1-18-10-12-21(13-11-18)30-26(34)17-33-27(35)24(31-28(33)36)14-20-16-32(25-9-5-3-7-22(20)25)15-19-6-2-4-8-23(19)29/h2-14,16H,15,17H2,1H3,(H,30,34)(H,31,36)/b24-14+. The summed E-state index contributed by atoms with van der Waals surface area (Å²) >= 11 is 0. The third-order valence-electron chi connectivity index (χ3n) is 6.02. The quantitative estimate of drug-likeness (QED) is 0.310. The molecule has 2 N–H and O–H groups in total. The number of aryl methyl sites for hydroxylation is 1. The number of para-hydroxylation sites is 1. The predicted molar refractivity (Wildman–Crippen MR) is 135 cm³/mol. The molecule has 1 aliphatic rings. The smallest absolute Gasteiger partial charge is 0.329 e. The van der Waals surface area contributed by atoms with Crippen molar-refractivity contribution in [2.45, 2.75) is 13.5 Å². The van der Waals surface area contributed by atoms with Crippen LogP contribution in [0.5, 0.6) is 0 Å². The van der Waals surface area contributed by atoms with Crippen molar-refractivity contribution in [1.82, 2.24) is 14.8 Å². The Morgan fingerprint density at radius 1 is 1.00 bits per heavy atom. The molecule has 0 bridgehead atoms. The zero-order valence-corrected chi connectivity index (χ0v) is 19.5.